The van der Waals surface area contributed by atoms with E-state index in [9.17, 15) is 9.90 Å². The number of anilines is 1. The fraction of sp³-hybridized carbons (Fsp3) is 0.100. The number of phenols is 1. The smallest absolute Gasteiger partial charge is 0.270 e. The van der Waals surface area contributed by atoms with E-state index in [4.69, 9.17) is 5.73 Å². The molecule has 0 aliphatic carbocycles. The first kappa shape index (κ1) is 17.5. The van der Waals surface area contributed by atoms with Gasteiger partial charge < -0.3 is 16.2 Å². The molecule has 0 saturated carbocycles. The number of hydrogen-bond acceptors (Lipinski definition) is 6. The van der Waals surface area contributed by atoms with E-state index in [1.54, 1.807) is 48.0 Å². The van der Waals surface area contributed by atoms with Gasteiger partial charge in [-0.15, -0.1) is 0 Å². The maximum atomic E-state index is 12.7. The van der Waals surface area contributed by atoms with Crippen LogP contribution in [-0.2, 0) is 6.54 Å². The predicted octanol–water partition coefficient (Wildman–Crippen LogP) is 2.32. The molecule has 0 aliphatic heterocycles. The van der Waals surface area contributed by atoms with Gasteiger partial charge in [0.15, 0.2) is 0 Å². The van der Waals surface area contributed by atoms with E-state index in [0.29, 0.717) is 29.3 Å². The summed E-state index contributed by atoms with van der Waals surface area (Å²) in [5, 5.41) is 12.4. The van der Waals surface area contributed by atoms with E-state index in [-0.39, 0.29) is 17.6 Å². The lowest BCUT2D eigenvalue weighted by molar-refractivity contribution is 0.0944. The number of carbonyl (C=O) groups is 1. The fourth-order valence-electron chi connectivity index (χ4n) is 3.06. The summed E-state index contributed by atoms with van der Waals surface area (Å²) in [6.45, 7) is 2.09. The van der Waals surface area contributed by atoms with Crippen molar-refractivity contribution in [3.05, 3.63) is 71.8 Å². The third-order valence-electron chi connectivity index (χ3n) is 4.35. The van der Waals surface area contributed by atoms with Crippen LogP contribution in [0.1, 0.15) is 21.7 Å². The molecule has 0 radical (unpaired) electrons. The average molecular weight is 374 g/mol. The van der Waals surface area contributed by atoms with Crippen molar-refractivity contribution < 1.29 is 9.90 Å². The Hall–Kier alpha value is -3.94. The Bertz CT molecular complexity index is 1180. The topological polar surface area (TPSA) is 118 Å². The highest BCUT2D eigenvalue weighted by Gasteiger charge is 2.17. The van der Waals surface area contributed by atoms with Gasteiger partial charge in [-0.2, -0.15) is 0 Å². The summed E-state index contributed by atoms with van der Waals surface area (Å²) in [6.07, 6.45) is 3.38. The number of aromatic hydroxyl groups is 1. The van der Waals surface area contributed by atoms with E-state index in [2.05, 4.69) is 20.3 Å². The van der Waals surface area contributed by atoms with Gasteiger partial charge in [0.1, 0.15) is 17.1 Å². The first-order valence-electron chi connectivity index (χ1n) is 8.65. The molecule has 0 bridgehead atoms. The highest BCUT2D eigenvalue weighted by atomic mass is 16.3. The standard InChI is InChI=1S/C20H18N6O2/c1-12-18(19(28)23-11-13-3-2-4-15(27)9-13)26-8-6-14(10-17(26)24-12)16-5-7-22-20(21)25-16/h2-10,27H,11H2,1H3,(H,23,28)(H2,21,22,25). The highest BCUT2D eigenvalue weighted by molar-refractivity contribution is 5.94. The second-order valence-electron chi connectivity index (χ2n) is 6.34. The van der Waals surface area contributed by atoms with Gasteiger partial charge in [0.25, 0.3) is 5.91 Å². The van der Waals surface area contributed by atoms with Crippen LogP contribution in [-0.4, -0.2) is 30.4 Å². The lowest BCUT2D eigenvalue weighted by Gasteiger charge is -2.07. The van der Waals surface area contributed by atoms with Gasteiger partial charge in [-0.25, -0.2) is 15.0 Å². The number of hydrogen-bond donors (Lipinski definition) is 3. The molecule has 0 atom stereocenters. The Morgan fingerprint density at radius 3 is 2.86 bits per heavy atom. The van der Waals surface area contributed by atoms with Crippen LogP contribution in [0.25, 0.3) is 16.9 Å². The molecule has 4 N–H and O–H groups in total. The Kier molecular flexibility index (Phi) is 4.36. The number of aromatic nitrogens is 4. The zero-order valence-electron chi connectivity index (χ0n) is 15.1. The van der Waals surface area contributed by atoms with Gasteiger partial charge in [-0.1, -0.05) is 12.1 Å². The van der Waals surface area contributed by atoms with Gasteiger partial charge in [0.05, 0.1) is 11.4 Å². The molecular weight excluding hydrogens is 356 g/mol. The molecule has 28 heavy (non-hydrogen) atoms. The monoisotopic (exact) mass is 374 g/mol. The van der Waals surface area contributed by atoms with E-state index < -0.39 is 0 Å². The second kappa shape index (κ2) is 6.99. The van der Waals surface area contributed by atoms with Crippen LogP contribution in [0.4, 0.5) is 5.95 Å². The summed E-state index contributed by atoms with van der Waals surface area (Å²) in [6, 6.07) is 12.2. The van der Waals surface area contributed by atoms with Crippen LogP contribution in [0, 0.1) is 6.92 Å². The summed E-state index contributed by atoms with van der Waals surface area (Å²) in [5.41, 5.74) is 9.70. The fourth-order valence-corrected chi connectivity index (χ4v) is 3.06. The maximum absolute atomic E-state index is 12.7. The van der Waals surface area contributed by atoms with Crippen molar-refractivity contribution in [2.45, 2.75) is 13.5 Å². The first-order valence-corrected chi connectivity index (χ1v) is 8.65. The molecule has 8 nitrogen and oxygen atoms in total. The Labute approximate surface area is 160 Å². The molecule has 4 aromatic rings. The number of nitrogens with zero attached hydrogens (tertiary/aromatic N) is 4. The minimum absolute atomic E-state index is 0.163. The molecule has 3 heterocycles. The third-order valence-corrected chi connectivity index (χ3v) is 4.35. The minimum Gasteiger partial charge on any atom is -0.508 e. The number of rotatable bonds is 4. The molecule has 140 valence electrons. The summed E-state index contributed by atoms with van der Waals surface area (Å²) in [7, 11) is 0. The van der Waals surface area contributed by atoms with Crippen LogP contribution >= 0.6 is 0 Å². The van der Waals surface area contributed by atoms with Crippen LogP contribution in [0.5, 0.6) is 5.75 Å². The van der Waals surface area contributed by atoms with Crippen molar-refractivity contribution in [2.24, 2.45) is 0 Å². The number of nitrogen functional groups attached to an aromatic ring is 1. The number of nitrogens with one attached hydrogen (secondary N) is 1. The zero-order valence-corrected chi connectivity index (χ0v) is 15.1. The summed E-state index contributed by atoms with van der Waals surface area (Å²) < 4.78 is 1.74. The minimum atomic E-state index is -0.243. The molecule has 0 fully saturated rings. The summed E-state index contributed by atoms with van der Waals surface area (Å²) >= 11 is 0. The van der Waals surface area contributed by atoms with Gasteiger partial charge in [0.2, 0.25) is 5.95 Å². The molecule has 0 aliphatic rings. The van der Waals surface area contributed by atoms with Crippen molar-refractivity contribution in [1.29, 1.82) is 0 Å². The molecule has 4 rings (SSSR count). The summed E-state index contributed by atoms with van der Waals surface area (Å²) in [4.78, 5) is 25.3. The third kappa shape index (κ3) is 3.35. The number of nitrogens with two attached hydrogens (primary N) is 1. The number of imidazole rings is 1. The largest absolute Gasteiger partial charge is 0.508 e. The van der Waals surface area contributed by atoms with Crippen molar-refractivity contribution in [2.75, 3.05) is 5.73 Å². The molecular formula is C20H18N6O2. The number of aryl methyl sites for hydroxylation is 1. The van der Waals surface area contributed by atoms with Crippen LogP contribution < -0.4 is 11.1 Å². The van der Waals surface area contributed by atoms with Crippen LogP contribution in [0.2, 0.25) is 0 Å². The number of pyridine rings is 1. The molecule has 1 aromatic carbocycles. The molecule has 0 saturated heterocycles. The zero-order chi connectivity index (χ0) is 19.7. The van der Waals surface area contributed by atoms with Crippen molar-refractivity contribution in [3.8, 4) is 17.0 Å². The van der Waals surface area contributed by atoms with Gasteiger partial charge in [0, 0.05) is 24.5 Å². The van der Waals surface area contributed by atoms with Crippen LogP contribution in [0.3, 0.4) is 0 Å². The van der Waals surface area contributed by atoms with Crippen molar-refractivity contribution in [1.82, 2.24) is 24.7 Å². The Morgan fingerprint density at radius 1 is 1.21 bits per heavy atom. The number of carbonyl (C=O) groups excluding carboxylic acids is 1. The summed E-state index contributed by atoms with van der Waals surface area (Å²) in [5.74, 6) is 0.118. The molecule has 8 heteroatoms. The average Bonchev–Trinajstić information content (AvgIpc) is 3.01. The van der Waals surface area contributed by atoms with Crippen molar-refractivity contribution in [3.63, 3.8) is 0 Å². The molecule has 3 aromatic heterocycles. The van der Waals surface area contributed by atoms with E-state index in [1.807, 2.05) is 18.2 Å². The SMILES string of the molecule is Cc1nc2cc(-c3ccnc(N)n3)ccn2c1C(=O)NCc1cccc(O)c1. The van der Waals surface area contributed by atoms with Crippen LogP contribution in [0.15, 0.2) is 54.9 Å². The molecule has 0 spiro atoms. The van der Waals surface area contributed by atoms with Crippen molar-refractivity contribution >= 4 is 17.5 Å². The maximum Gasteiger partial charge on any atom is 0.270 e. The second-order valence-corrected chi connectivity index (χ2v) is 6.34. The van der Waals surface area contributed by atoms with Gasteiger partial charge in [-0.05, 0) is 42.8 Å². The number of phenolic OH excluding ortho intramolecular Hbond substituents is 1. The van der Waals surface area contributed by atoms with E-state index >= 15 is 0 Å². The number of fused-ring (bicyclic) bond motifs is 1. The lowest BCUT2D eigenvalue weighted by atomic mass is 10.2. The van der Waals surface area contributed by atoms with Gasteiger partial charge in [-0.3, -0.25) is 9.20 Å². The normalized spacial score (nSPS) is 10.9. The number of benzene rings is 1. The number of amides is 1. The predicted molar refractivity (Wildman–Crippen MR) is 105 cm³/mol. The van der Waals surface area contributed by atoms with E-state index in [0.717, 1.165) is 11.1 Å². The van der Waals surface area contributed by atoms with Gasteiger partial charge >= 0.3 is 0 Å². The molecule has 0 unspecified atom stereocenters. The highest BCUT2D eigenvalue weighted by Crippen LogP contribution is 2.21. The molecule has 1 amide bonds. The Balaban J connectivity index is 1.62. The quantitative estimate of drug-likeness (QED) is 0.504. The Morgan fingerprint density at radius 2 is 2.07 bits per heavy atom. The first-order chi connectivity index (χ1) is 13.5. The van der Waals surface area contributed by atoms with E-state index in [1.165, 1.54) is 0 Å². The lowest BCUT2D eigenvalue weighted by Crippen LogP contribution is -2.24.